The van der Waals surface area contributed by atoms with Crippen molar-refractivity contribution in [2.75, 3.05) is 23.3 Å². The summed E-state index contributed by atoms with van der Waals surface area (Å²) in [7, 11) is 0. The standard InChI is InChI=1S/C13H20ClN5/c1-2-13(6-5-7-13)18-11-15-10(14)16-12(17-11)19-8-3-4-9-19/h2-9H2,1H3,(H,15,16,17,18). The molecule has 0 amide bonds. The zero-order valence-corrected chi connectivity index (χ0v) is 12.1. The van der Waals surface area contributed by atoms with E-state index in [1.54, 1.807) is 0 Å². The number of nitrogens with one attached hydrogen (secondary N) is 1. The Hall–Kier alpha value is -1.10. The number of anilines is 2. The normalized spacial score (nSPS) is 21.3. The van der Waals surface area contributed by atoms with E-state index in [0.29, 0.717) is 11.9 Å². The summed E-state index contributed by atoms with van der Waals surface area (Å²) in [5, 5.41) is 3.76. The van der Waals surface area contributed by atoms with Gasteiger partial charge < -0.3 is 10.2 Å². The van der Waals surface area contributed by atoms with Crippen LogP contribution in [0.1, 0.15) is 45.4 Å². The van der Waals surface area contributed by atoms with Crippen LogP contribution in [-0.4, -0.2) is 33.6 Å². The maximum absolute atomic E-state index is 6.03. The first-order chi connectivity index (χ1) is 9.21. The molecule has 1 aliphatic carbocycles. The number of rotatable bonds is 4. The minimum absolute atomic E-state index is 0.174. The van der Waals surface area contributed by atoms with Crippen LogP contribution in [0.3, 0.4) is 0 Å². The van der Waals surface area contributed by atoms with Gasteiger partial charge in [-0.15, -0.1) is 0 Å². The molecule has 0 radical (unpaired) electrons. The number of hydrogen-bond acceptors (Lipinski definition) is 5. The molecule has 0 unspecified atom stereocenters. The highest BCUT2D eigenvalue weighted by Gasteiger charge is 2.35. The average Bonchev–Trinajstić information content (AvgIpc) is 2.87. The first-order valence-electron chi connectivity index (χ1n) is 7.15. The van der Waals surface area contributed by atoms with Gasteiger partial charge in [-0.2, -0.15) is 15.0 Å². The highest BCUT2D eigenvalue weighted by Crippen LogP contribution is 2.37. The molecule has 1 aromatic rings. The third kappa shape index (κ3) is 2.61. The van der Waals surface area contributed by atoms with Gasteiger partial charge in [0.15, 0.2) is 0 Å². The molecular formula is C13H20ClN5. The molecule has 0 atom stereocenters. The van der Waals surface area contributed by atoms with E-state index in [4.69, 9.17) is 11.6 Å². The molecule has 2 heterocycles. The molecule has 2 fully saturated rings. The molecule has 2 aliphatic rings. The summed E-state index contributed by atoms with van der Waals surface area (Å²) in [5.41, 5.74) is 0.174. The molecule has 1 saturated heterocycles. The Bertz CT molecular complexity index is 449. The topological polar surface area (TPSA) is 53.9 Å². The highest BCUT2D eigenvalue weighted by atomic mass is 35.5. The quantitative estimate of drug-likeness (QED) is 0.920. The van der Waals surface area contributed by atoms with E-state index in [9.17, 15) is 0 Å². The predicted molar refractivity (Wildman–Crippen MR) is 76.8 cm³/mol. The Kier molecular flexibility index (Phi) is 3.48. The summed E-state index contributed by atoms with van der Waals surface area (Å²) >= 11 is 6.03. The van der Waals surface area contributed by atoms with E-state index < -0.39 is 0 Å². The number of hydrogen-bond donors (Lipinski definition) is 1. The summed E-state index contributed by atoms with van der Waals surface area (Å²) < 4.78 is 0. The molecule has 19 heavy (non-hydrogen) atoms. The number of nitrogens with zero attached hydrogens (tertiary/aromatic N) is 4. The van der Waals surface area contributed by atoms with Gasteiger partial charge in [0.2, 0.25) is 17.2 Å². The lowest BCUT2D eigenvalue weighted by molar-refractivity contribution is 0.268. The smallest absolute Gasteiger partial charge is 0.231 e. The molecule has 6 heteroatoms. The second-order valence-electron chi connectivity index (χ2n) is 5.53. The third-order valence-corrected chi connectivity index (χ3v) is 4.52. The predicted octanol–water partition coefficient (Wildman–Crippen LogP) is 2.87. The second-order valence-corrected chi connectivity index (χ2v) is 5.87. The van der Waals surface area contributed by atoms with Gasteiger partial charge >= 0.3 is 0 Å². The van der Waals surface area contributed by atoms with Crippen molar-refractivity contribution in [3.8, 4) is 0 Å². The lowest BCUT2D eigenvalue weighted by Gasteiger charge is -2.42. The van der Waals surface area contributed by atoms with Crippen molar-refractivity contribution in [3.05, 3.63) is 5.28 Å². The molecule has 5 nitrogen and oxygen atoms in total. The van der Waals surface area contributed by atoms with Crippen LogP contribution in [0.2, 0.25) is 5.28 Å². The Morgan fingerprint density at radius 1 is 1.16 bits per heavy atom. The molecule has 1 N–H and O–H groups in total. The molecule has 0 bridgehead atoms. The number of halogens is 1. The van der Waals surface area contributed by atoms with Crippen molar-refractivity contribution in [1.82, 2.24) is 15.0 Å². The van der Waals surface area contributed by atoms with Gasteiger partial charge in [0, 0.05) is 18.6 Å². The zero-order valence-electron chi connectivity index (χ0n) is 11.3. The fraction of sp³-hybridized carbons (Fsp3) is 0.769. The fourth-order valence-corrected chi connectivity index (χ4v) is 3.02. The molecule has 0 aromatic carbocycles. The molecule has 104 valence electrons. The largest absolute Gasteiger partial charge is 0.349 e. The van der Waals surface area contributed by atoms with Crippen LogP contribution in [0, 0.1) is 0 Å². The summed E-state index contributed by atoms with van der Waals surface area (Å²) in [5.74, 6) is 1.34. The van der Waals surface area contributed by atoms with Gasteiger partial charge in [-0.05, 0) is 50.1 Å². The van der Waals surface area contributed by atoms with Crippen LogP contribution in [-0.2, 0) is 0 Å². The summed E-state index contributed by atoms with van der Waals surface area (Å²) in [4.78, 5) is 15.2. The van der Waals surface area contributed by atoms with Crippen molar-refractivity contribution in [3.63, 3.8) is 0 Å². The SMILES string of the molecule is CCC1(Nc2nc(Cl)nc(N3CCCC3)n2)CCC1. The van der Waals surface area contributed by atoms with Crippen LogP contribution < -0.4 is 10.2 Å². The van der Waals surface area contributed by atoms with Gasteiger partial charge in [-0.25, -0.2) is 0 Å². The average molecular weight is 282 g/mol. The maximum atomic E-state index is 6.03. The van der Waals surface area contributed by atoms with Crippen molar-refractivity contribution in [1.29, 1.82) is 0 Å². The van der Waals surface area contributed by atoms with Crippen LogP contribution in [0.25, 0.3) is 0 Å². The minimum atomic E-state index is 0.174. The summed E-state index contributed by atoms with van der Waals surface area (Å²) in [6.45, 7) is 4.23. The lowest BCUT2D eigenvalue weighted by Crippen LogP contribution is -2.44. The van der Waals surface area contributed by atoms with Crippen LogP contribution in [0.5, 0.6) is 0 Å². The Morgan fingerprint density at radius 3 is 2.47 bits per heavy atom. The van der Waals surface area contributed by atoms with Crippen molar-refractivity contribution < 1.29 is 0 Å². The van der Waals surface area contributed by atoms with E-state index in [0.717, 1.165) is 19.5 Å². The second kappa shape index (κ2) is 5.12. The van der Waals surface area contributed by atoms with Gasteiger partial charge in [-0.3, -0.25) is 0 Å². The monoisotopic (exact) mass is 281 g/mol. The molecule has 0 spiro atoms. The Labute approximate surface area is 118 Å². The molecular weight excluding hydrogens is 262 g/mol. The van der Waals surface area contributed by atoms with E-state index in [-0.39, 0.29) is 10.8 Å². The van der Waals surface area contributed by atoms with Gasteiger partial charge in [-0.1, -0.05) is 6.92 Å². The van der Waals surface area contributed by atoms with Gasteiger partial charge in [0.25, 0.3) is 0 Å². The minimum Gasteiger partial charge on any atom is -0.349 e. The lowest BCUT2D eigenvalue weighted by atomic mass is 9.75. The van der Waals surface area contributed by atoms with Crippen molar-refractivity contribution in [2.45, 2.75) is 51.0 Å². The molecule has 3 rings (SSSR count). The van der Waals surface area contributed by atoms with Gasteiger partial charge in [0.1, 0.15) is 0 Å². The summed E-state index contributed by atoms with van der Waals surface area (Å²) in [6, 6.07) is 0. The first-order valence-corrected chi connectivity index (χ1v) is 7.53. The van der Waals surface area contributed by atoms with E-state index >= 15 is 0 Å². The Morgan fingerprint density at radius 2 is 1.89 bits per heavy atom. The van der Waals surface area contributed by atoms with E-state index in [1.807, 2.05) is 0 Å². The third-order valence-electron chi connectivity index (χ3n) is 4.35. The first kappa shape index (κ1) is 12.9. The van der Waals surface area contributed by atoms with Gasteiger partial charge in [0.05, 0.1) is 0 Å². The molecule has 1 saturated carbocycles. The maximum Gasteiger partial charge on any atom is 0.231 e. The highest BCUT2D eigenvalue weighted by molar-refractivity contribution is 6.28. The Balaban J connectivity index is 1.81. The molecule has 1 aromatic heterocycles. The molecule has 1 aliphatic heterocycles. The van der Waals surface area contributed by atoms with Crippen molar-refractivity contribution >= 4 is 23.5 Å². The number of aromatic nitrogens is 3. The fourth-order valence-electron chi connectivity index (χ4n) is 2.86. The van der Waals surface area contributed by atoms with Crippen LogP contribution in [0.4, 0.5) is 11.9 Å². The van der Waals surface area contributed by atoms with Crippen LogP contribution in [0.15, 0.2) is 0 Å². The van der Waals surface area contributed by atoms with E-state index in [1.165, 1.54) is 32.1 Å². The van der Waals surface area contributed by atoms with Crippen molar-refractivity contribution in [2.24, 2.45) is 0 Å². The van der Waals surface area contributed by atoms with Crippen LogP contribution >= 0.6 is 11.6 Å². The van der Waals surface area contributed by atoms with E-state index in [2.05, 4.69) is 32.1 Å². The summed E-state index contributed by atoms with van der Waals surface area (Å²) in [6.07, 6.45) is 7.14. The zero-order chi connectivity index (χ0) is 13.3.